The van der Waals surface area contributed by atoms with Gasteiger partial charge in [-0.1, -0.05) is 13.8 Å². The molecule has 0 amide bonds. The molecule has 5 rings (SSSR count). The first-order chi connectivity index (χ1) is 10.3. The van der Waals surface area contributed by atoms with Crippen LogP contribution in [0.15, 0.2) is 0 Å². The number of Topliss-reactive ketones (excluding diaryl/α,β-unsaturated/α-hetero) is 1. The lowest BCUT2D eigenvalue weighted by molar-refractivity contribution is -0.169. The van der Waals surface area contributed by atoms with Gasteiger partial charge in [0.05, 0.1) is 6.54 Å². The molecule has 2 atom stereocenters. The molecule has 0 aromatic heterocycles. The van der Waals surface area contributed by atoms with Crippen LogP contribution in [0.2, 0.25) is 0 Å². The molecule has 3 nitrogen and oxygen atoms in total. The Hall–Kier alpha value is -0.410. The quantitative estimate of drug-likeness (QED) is 0.801. The molecule has 4 bridgehead atoms. The first-order valence-electron chi connectivity index (χ1n) is 9.24. The van der Waals surface area contributed by atoms with Crippen LogP contribution in [0, 0.1) is 22.2 Å². The maximum atomic E-state index is 13.3. The Morgan fingerprint density at radius 1 is 0.955 bits per heavy atom. The number of hydrogen-bond acceptors (Lipinski definition) is 3. The van der Waals surface area contributed by atoms with Crippen molar-refractivity contribution in [2.75, 3.05) is 39.8 Å². The predicted octanol–water partition coefficient (Wildman–Crippen LogP) is 2.80. The highest BCUT2D eigenvalue weighted by atomic mass is 16.1. The van der Waals surface area contributed by atoms with Crippen molar-refractivity contribution >= 4 is 5.78 Å². The van der Waals surface area contributed by atoms with Gasteiger partial charge in [-0.25, -0.2) is 0 Å². The summed E-state index contributed by atoms with van der Waals surface area (Å²) in [4.78, 5) is 18.1. The second-order valence-corrected chi connectivity index (χ2v) is 9.91. The van der Waals surface area contributed by atoms with E-state index < -0.39 is 0 Å². The van der Waals surface area contributed by atoms with Gasteiger partial charge in [-0.15, -0.1) is 0 Å². The second kappa shape index (κ2) is 4.80. The van der Waals surface area contributed by atoms with Crippen molar-refractivity contribution in [3.63, 3.8) is 0 Å². The Morgan fingerprint density at radius 3 is 2.09 bits per heavy atom. The van der Waals surface area contributed by atoms with Crippen LogP contribution in [0.25, 0.3) is 0 Å². The van der Waals surface area contributed by atoms with Crippen LogP contribution in [-0.2, 0) is 4.79 Å². The van der Waals surface area contributed by atoms with Gasteiger partial charge >= 0.3 is 0 Å². The number of nitrogens with zero attached hydrogens (tertiary/aromatic N) is 2. The minimum atomic E-state index is 0.0340. The molecule has 0 unspecified atom stereocenters. The van der Waals surface area contributed by atoms with Crippen LogP contribution in [0.4, 0.5) is 0 Å². The monoisotopic (exact) mass is 304 g/mol. The molecule has 0 aromatic rings. The normalized spacial score (nSPS) is 48.8. The lowest BCUT2D eigenvalue weighted by Crippen LogP contribution is -2.59. The zero-order valence-electron chi connectivity index (χ0n) is 14.7. The van der Waals surface area contributed by atoms with Crippen LogP contribution in [0.3, 0.4) is 0 Å². The van der Waals surface area contributed by atoms with Gasteiger partial charge in [-0.2, -0.15) is 0 Å². The fourth-order valence-electron chi connectivity index (χ4n) is 7.14. The van der Waals surface area contributed by atoms with E-state index in [9.17, 15) is 4.79 Å². The fourth-order valence-corrected chi connectivity index (χ4v) is 7.14. The molecule has 0 aromatic carbocycles. The highest BCUT2D eigenvalue weighted by Gasteiger charge is 2.62. The Balaban J connectivity index is 1.50. The van der Waals surface area contributed by atoms with Crippen molar-refractivity contribution in [3.05, 3.63) is 0 Å². The molecule has 4 aliphatic carbocycles. The number of ketones is 1. The first-order valence-corrected chi connectivity index (χ1v) is 9.24. The van der Waals surface area contributed by atoms with Crippen molar-refractivity contribution in [1.82, 2.24) is 9.80 Å². The number of hydrogen-bond donors (Lipinski definition) is 0. The van der Waals surface area contributed by atoms with Crippen molar-refractivity contribution in [1.29, 1.82) is 0 Å². The number of carbonyl (C=O) groups excluding carboxylic acids is 1. The molecule has 5 aliphatic rings. The van der Waals surface area contributed by atoms with Crippen LogP contribution < -0.4 is 0 Å². The van der Waals surface area contributed by atoms with Crippen molar-refractivity contribution in [3.8, 4) is 0 Å². The summed E-state index contributed by atoms with van der Waals surface area (Å²) in [5.74, 6) is 1.40. The van der Waals surface area contributed by atoms with E-state index in [4.69, 9.17) is 0 Å². The number of piperazine rings is 1. The summed E-state index contributed by atoms with van der Waals surface area (Å²) in [7, 11) is 2.18. The van der Waals surface area contributed by atoms with E-state index in [-0.39, 0.29) is 5.41 Å². The topological polar surface area (TPSA) is 23.6 Å². The molecule has 1 aliphatic heterocycles. The summed E-state index contributed by atoms with van der Waals surface area (Å²) >= 11 is 0. The van der Waals surface area contributed by atoms with E-state index in [1.165, 1.54) is 38.5 Å². The summed E-state index contributed by atoms with van der Waals surface area (Å²) in [6.07, 6.45) is 7.68. The average molecular weight is 304 g/mol. The van der Waals surface area contributed by atoms with E-state index in [1.807, 2.05) is 0 Å². The van der Waals surface area contributed by atoms with Crippen LogP contribution in [-0.4, -0.2) is 55.4 Å². The SMILES string of the molecule is CN1CCN(CC(=O)C23CC4C[C@](C)(C2)C[C@](C)(C4)C3)CC1. The Bertz CT molecular complexity index is 462. The lowest BCUT2D eigenvalue weighted by atomic mass is 9.39. The smallest absolute Gasteiger partial charge is 0.153 e. The van der Waals surface area contributed by atoms with E-state index in [2.05, 4.69) is 30.7 Å². The summed E-state index contributed by atoms with van der Waals surface area (Å²) in [6, 6.07) is 0. The third-order valence-corrected chi connectivity index (χ3v) is 7.18. The summed E-state index contributed by atoms with van der Waals surface area (Å²) in [6.45, 7) is 10.00. The Kier molecular flexibility index (Phi) is 3.30. The van der Waals surface area contributed by atoms with Gasteiger partial charge in [0.25, 0.3) is 0 Å². The lowest BCUT2D eigenvalue weighted by Gasteiger charge is -2.65. The molecule has 22 heavy (non-hydrogen) atoms. The first kappa shape index (κ1) is 15.1. The number of rotatable bonds is 3. The van der Waals surface area contributed by atoms with Crippen molar-refractivity contribution < 1.29 is 4.79 Å². The van der Waals surface area contributed by atoms with Gasteiger partial charge in [0.2, 0.25) is 0 Å². The molecule has 5 fully saturated rings. The van der Waals surface area contributed by atoms with Gasteiger partial charge in [0.1, 0.15) is 0 Å². The molecule has 0 N–H and O–H groups in total. The second-order valence-electron chi connectivity index (χ2n) is 9.91. The largest absolute Gasteiger partial charge is 0.304 e. The molecule has 1 heterocycles. The number of carbonyl (C=O) groups is 1. The minimum absolute atomic E-state index is 0.0340. The molecule has 3 heteroatoms. The molecule has 0 spiro atoms. The van der Waals surface area contributed by atoms with Crippen LogP contribution >= 0.6 is 0 Å². The predicted molar refractivity (Wildman–Crippen MR) is 88.8 cm³/mol. The maximum Gasteiger partial charge on any atom is 0.153 e. The number of likely N-dealkylation sites (N-methyl/N-ethyl adjacent to an activating group) is 1. The van der Waals surface area contributed by atoms with E-state index in [1.54, 1.807) is 0 Å². The van der Waals surface area contributed by atoms with E-state index in [0.717, 1.165) is 32.1 Å². The van der Waals surface area contributed by atoms with Gasteiger partial charge in [-0.3, -0.25) is 9.69 Å². The highest BCUT2D eigenvalue weighted by molar-refractivity contribution is 5.87. The molecule has 124 valence electrons. The molecular weight excluding hydrogens is 272 g/mol. The third kappa shape index (κ3) is 2.45. The minimum Gasteiger partial charge on any atom is -0.304 e. The summed E-state index contributed by atoms with van der Waals surface area (Å²) in [5.41, 5.74) is 0.935. The summed E-state index contributed by atoms with van der Waals surface area (Å²) < 4.78 is 0. The highest BCUT2D eigenvalue weighted by Crippen LogP contribution is 2.69. The maximum absolute atomic E-state index is 13.3. The standard InChI is InChI=1S/C19H32N2O/c1-17-8-15-9-18(2,12-17)14-19(10-15,13-17)16(22)11-21-6-4-20(3)5-7-21/h15H,4-14H2,1-3H3/t15?,17-,18-,19?/m0/s1. The van der Waals surface area contributed by atoms with Crippen LogP contribution in [0.5, 0.6) is 0 Å². The van der Waals surface area contributed by atoms with Gasteiger partial charge in [0, 0.05) is 31.6 Å². The van der Waals surface area contributed by atoms with E-state index in [0.29, 0.717) is 23.2 Å². The molecular formula is C19H32N2O. The van der Waals surface area contributed by atoms with Gasteiger partial charge in [0.15, 0.2) is 5.78 Å². The average Bonchev–Trinajstić information content (AvgIpc) is 2.37. The fraction of sp³-hybridized carbons (Fsp3) is 0.947. The van der Waals surface area contributed by atoms with Crippen molar-refractivity contribution in [2.24, 2.45) is 22.2 Å². The zero-order chi connectivity index (χ0) is 15.6. The molecule has 1 saturated heterocycles. The molecule has 4 saturated carbocycles. The molecule has 0 radical (unpaired) electrons. The zero-order valence-corrected chi connectivity index (χ0v) is 14.7. The van der Waals surface area contributed by atoms with Crippen molar-refractivity contribution in [2.45, 2.75) is 52.4 Å². The summed E-state index contributed by atoms with van der Waals surface area (Å²) in [5, 5.41) is 0. The third-order valence-electron chi connectivity index (χ3n) is 7.18. The van der Waals surface area contributed by atoms with E-state index >= 15 is 0 Å². The van der Waals surface area contributed by atoms with Gasteiger partial charge < -0.3 is 4.90 Å². The Labute approximate surface area is 135 Å². The Morgan fingerprint density at radius 2 is 1.55 bits per heavy atom. The van der Waals surface area contributed by atoms with Gasteiger partial charge in [-0.05, 0) is 62.3 Å². The van der Waals surface area contributed by atoms with Crippen LogP contribution in [0.1, 0.15) is 52.4 Å².